The third kappa shape index (κ3) is 6.11. The summed E-state index contributed by atoms with van der Waals surface area (Å²) >= 11 is 3.35. The molecular formula is C13H15BrF2O3. The second-order valence-electron chi connectivity index (χ2n) is 3.89. The molecule has 0 saturated carbocycles. The molecule has 106 valence electrons. The van der Waals surface area contributed by atoms with Crippen molar-refractivity contribution in [3.05, 3.63) is 28.2 Å². The topological polar surface area (TPSA) is 35.5 Å². The third-order valence-electron chi connectivity index (χ3n) is 2.41. The van der Waals surface area contributed by atoms with Gasteiger partial charge in [0.15, 0.2) is 0 Å². The molecule has 0 fully saturated rings. The van der Waals surface area contributed by atoms with Crippen LogP contribution in [0.1, 0.15) is 12.0 Å². The Labute approximate surface area is 119 Å². The maximum Gasteiger partial charge on any atom is 0.261 e. The molecule has 0 heterocycles. The van der Waals surface area contributed by atoms with E-state index >= 15 is 0 Å². The summed E-state index contributed by atoms with van der Waals surface area (Å²) in [6.07, 6.45) is -2.16. The normalized spacial score (nSPS) is 10.8. The SMILES string of the molecule is COc1ccc(Br)c(CC(=O)CCOCC(F)F)c1. The minimum absolute atomic E-state index is 0.0186. The molecule has 1 rings (SSSR count). The van der Waals surface area contributed by atoms with E-state index in [4.69, 9.17) is 4.74 Å². The summed E-state index contributed by atoms with van der Waals surface area (Å²) in [6.45, 7) is -0.610. The summed E-state index contributed by atoms with van der Waals surface area (Å²) in [4.78, 5) is 11.7. The Morgan fingerprint density at radius 1 is 1.42 bits per heavy atom. The number of rotatable bonds is 8. The highest BCUT2D eigenvalue weighted by Crippen LogP contribution is 2.23. The Balaban J connectivity index is 2.43. The number of carbonyl (C=O) groups excluding carboxylic acids is 1. The smallest absolute Gasteiger partial charge is 0.261 e. The van der Waals surface area contributed by atoms with Crippen molar-refractivity contribution in [3.8, 4) is 5.75 Å². The zero-order valence-corrected chi connectivity index (χ0v) is 12.1. The first-order valence-electron chi connectivity index (χ1n) is 5.73. The summed E-state index contributed by atoms with van der Waals surface area (Å²) in [5, 5.41) is 0. The predicted molar refractivity (Wildman–Crippen MR) is 70.8 cm³/mol. The minimum Gasteiger partial charge on any atom is -0.497 e. The van der Waals surface area contributed by atoms with Crippen LogP contribution in [0.3, 0.4) is 0 Å². The van der Waals surface area contributed by atoms with Crippen LogP contribution in [0, 0.1) is 0 Å². The number of alkyl halides is 2. The van der Waals surface area contributed by atoms with Gasteiger partial charge in [-0.1, -0.05) is 15.9 Å². The molecule has 0 aliphatic heterocycles. The number of methoxy groups -OCH3 is 1. The summed E-state index contributed by atoms with van der Waals surface area (Å²) in [5.74, 6) is 0.600. The standard InChI is InChI=1S/C13H15BrF2O3/c1-18-11-2-3-12(14)9(7-11)6-10(17)4-5-19-8-13(15)16/h2-3,7,13H,4-6,8H2,1H3. The fourth-order valence-electron chi connectivity index (χ4n) is 1.47. The number of benzene rings is 1. The monoisotopic (exact) mass is 336 g/mol. The average Bonchev–Trinajstić information content (AvgIpc) is 2.37. The molecule has 0 bridgehead atoms. The van der Waals surface area contributed by atoms with Gasteiger partial charge in [0.2, 0.25) is 0 Å². The number of ether oxygens (including phenoxy) is 2. The van der Waals surface area contributed by atoms with Gasteiger partial charge in [-0.2, -0.15) is 0 Å². The van der Waals surface area contributed by atoms with Crippen LogP contribution >= 0.6 is 15.9 Å². The number of carbonyl (C=O) groups is 1. The van der Waals surface area contributed by atoms with E-state index in [1.807, 2.05) is 0 Å². The fourth-order valence-corrected chi connectivity index (χ4v) is 1.86. The molecule has 0 aromatic heterocycles. The number of hydrogen-bond acceptors (Lipinski definition) is 3. The van der Waals surface area contributed by atoms with Crippen LogP contribution in [0.15, 0.2) is 22.7 Å². The predicted octanol–water partition coefficient (Wildman–Crippen LogP) is 3.24. The lowest BCUT2D eigenvalue weighted by molar-refractivity contribution is -0.119. The maximum atomic E-state index is 11.8. The molecule has 0 amide bonds. The zero-order chi connectivity index (χ0) is 14.3. The Morgan fingerprint density at radius 3 is 2.79 bits per heavy atom. The second-order valence-corrected chi connectivity index (χ2v) is 4.74. The van der Waals surface area contributed by atoms with E-state index in [0.717, 1.165) is 10.0 Å². The van der Waals surface area contributed by atoms with Crippen LogP contribution in [0.2, 0.25) is 0 Å². The van der Waals surface area contributed by atoms with Crippen molar-refractivity contribution in [1.29, 1.82) is 0 Å². The lowest BCUT2D eigenvalue weighted by atomic mass is 10.1. The number of ketones is 1. The highest BCUT2D eigenvalue weighted by atomic mass is 79.9. The molecule has 6 heteroatoms. The number of Topliss-reactive ketones (excluding diaryl/α,β-unsaturated/α-hetero) is 1. The highest BCUT2D eigenvalue weighted by molar-refractivity contribution is 9.10. The Bertz CT molecular complexity index is 424. The molecule has 3 nitrogen and oxygen atoms in total. The highest BCUT2D eigenvalue weighted by Gasteiger charge is 2.09. The van der Waals surface area contributed by atoms with Gasteiger partial charge in [-0.15, -0.1) is 0 Å². The van der Waals surface area contributed by atoms with Gasteiger partial charge in [-0.05, 0) is 23.8 Å². The van der Waals surface area contributed by atoms with Crippen molar-refractivity contribution < 1.29 is 23.0 Å². The van der Waals surface area contributed by atoms with Gasteiger partial charge in [0.25, 0.3) is 6.43 Å². The van der Waals surface area contributed by atoms with Gasteiger partial charge in [0.05, 0.1) is 13.7 Å². The van der Waals surface area contributed by atoms with Gasteiger partial charge in [0, 0.05) is 17.3 Å². The summed E-state index contributed by atoms with van der Waals surface area (Å²) in [5.41, 5.74) is 0.804. The van der Waals surface area contributed by atoms with Crippen molar-refractivity contribution in [2.45, 2.75) is 19.3 Å². The second kappa shape index (κ2) is 8.22. The Kier molecular flexibility index (Phi) is 6.94. The number of hydrogen-bond donors (Lipinski definition) is 0. The fraction of sp³-hybridized carbons (Fsp3) is 0.462. The Hall–Kier alpha value is -1.01. The molecule has 0 N–H and O–H groups in total. The van der Waals surface area contributed by atoms with Crippen LogP contribution in [-0.2, 0) is 16.0 Å². The first-order chi connectivity index (χ1) is 9.02. The first-order valence-corrected chi connectivity index (χ1v) is 6.52. The molecule has 0 unspecified atom stereocenters. The van der Waals surface area contributed by atoms with E-state index in [1.165, 1.54) is 0 Å². The Morgan fingerprint density at radius 2 is 2.16 bits per heavy atom. The molecule has 1 aromatic carbocycles. The van der Waals surface area contributed by atoms with Gasteiger partial charge in [-0.25, -0.2) is 8.78 Å². The van der Waals surface area contributed by atoms with Gasteiger partial charge in [-0.3, -0.25) is 4.79 Å². The first kappa shape index (κ1) is 16.0. The van der Waals surface area contributed by atoms with Gasteiger partial charge >= 0.3 is 0 Å². The maximum absolute atomic E-state index is 11.8. The van der Waals surface area contributed by atoms with E-state index in [9.17, 15) is 13.6 Å². The molecule has 0 aliphatic carbocycles. The van der Waals surface area contributed by atoms with Crippen LogP contribution in [0.25, 0.3) is 0 Å². The zero-order valence-electron chi connectivity index (χ0n) is 10.5. The van der Waals surface area contributed by atoms with Crippen molar-refractivity contribution in [2.24, 2.45) is 0 Å². The number of halogens is 3. The lowest BCUT2D eigenvalue weighted by Gasteiger charge is -2.07. The van der Waals surface area contributed by atoms with Crippen LogP contribution < -0.4 is 4.74 Å². The molecule has 0 spiro atoms. The van der Waals surface area contributed by atoms with Crippen LogP contribution in [0.5, 0.6) is 5.75 Å². The summed E-state index contributed by atoms with van der Waals surface area (Å²) in [7, 11) is 1.55. The van der Waals surface area contributed by atoms with E-state index in [2.05, 4.69) is 20.7 Å². The van der Waals surface area contributed by atoms with Crippen LogP contribution in [-0.4, -0.2) is 32.5 Å². The van der Waals surface area contributed by atoms with Crippen molar-refractivity contribution >= 4 is 21.7 Å². The molecule has 0 saturated heterocycles. The van der Waals surface area contributed by atoms with E-state index in [0.29, 0.717) is 5.75 Å². The van der Waals surface area contributed by atoms with Gasteiger partial charge in [0.1, 0.15) is 18.1 Å². The van der Waals surface area contributed by atoms with Crippen molar-refractivity contribution in [3.63, 3.8) is 0 Å². The molecule has 0 radical (unpaired) electrons. The molecule has 19 heavy (non-hydrogen) atoms. The molecule has 0 aliphatic rings. The van der Waals surface area contributed by atoms with E-state index < -0.39 is 13.0 Å². The van der Waals surface area contributed by atoms with E-state index in [1.54, 1.807) is 25.3 Å². The largest absolute Gasteiger partial charge is 0.497 e. The third-order valence-corrected chi connectivity index (χ3v) is 3.18. The molecule has 1 aromatic rings. The molecular weight excluding hydrogens is 322 g/mol. The summed E-state index contributed by atoms with van der Waals surface area (Å²) in [6, 6.07) is 5.35. The minimum atomic E-state index is -2.50. The van der Waals surface area contributed by atoms with Gasteiger partial charge < -0.3 is 9.47 Å². The van der Waals surface area contributed by atoms with Crippen molar-refractivity contribution in [2.75, 3.05) is 20.3 Å². The van der Waals surface area contributed by atoms with E-state index in [-0.39, 0.29) is 25.2 Å². The lowest BCUT2D eigenvalue weighted by Crippen LogP contribution is -2.11. The van der Waals surface area contributed by atoms with Crippen molar-refractivity contribution in [1.82, 2.24) is 0 Å². The summed E-state index contributed by atoms with van der Waals surface area (Å²) < 4.78 is 34.2. The quantitative estimate of drug-likeness (QED) is 0.683. The van der Waals surface area contributed by atoms with Crippen LogP contribution in [0.4, 0.5) is 8.78 Å². The average molecular weight is 337 g/mol. The molecule has 0 atom stereocenters.